The van der Waals surface area contributed by atoms with Crippen LogP contribution in [0.2, 0.25) is 0 Å². The Morgan fingerprint density at radius 2 is 2.15 bits per heavy atom. The molecule has 5 nitrogen and oxygen atoms in total. The van der Waals surface area contributed by atoms with Crippen LogP contribution in [-0.2, 0) is 0 Å². The Morgan fingerprint density at radius 1 is 1.45 bits per heavy atom. The zero-order chi connectivity index (χ0) is 14.5. The van der Waals surface area contributed by atoms with E-state index in [9.17, 15) is 10.1 Å². The average Bonchev–Trinajstić information content (AvgIpc) is 2.46. The molecule has 1 saturated heterocycles. The molecule has 1 atom stereocenters. The molecular weight excluding hydrogens is 322 g/mol. The molecule has 110 valence electrons. The third-order valence-electron chi connectivity index (χ3n) is 3.71. The second kappa shape index (κ2) is 7.15. The standard InChI is InChI=1S/C14H20BrN3O2/c1-2-3-13(17-8-6-16-7-9-17)11-4-5-12(15)14(10-11)18(19)20/h4-5,10,13,16H,2-3,6-9H2,1H3/t13-/m1/s1. The molecule has 6 heteroatoms. The van der Waals surface area contributed by atoms with Crippen molar-refractivity contribution in [1.29, 1.82) is 0 Å². The van der Waals surface area contributed by atoms with Crippen LogP contribution in [0.25, 0.3) is 0 Å². The number of rotatable bonds is 5. The van der Waals surface area contributed by atoms with Gasteiger partial charge in [0.15, 0.2) is 0 Å². The lowest BCUT2D eigenvalue weighted by Crippen LogP contribution is -2.45. The summed E-state index contributed by atoms with van der Waals surface area (Å²) in [7, 11) is 0. The fraction of sp³-hybridized carbons (Fsp3) is 0.571. The van der Waals surface area contributed by atoms with Gasteiger partial charge >= 0.3 is 0 Å². The van der Waals surface area contributed by atoms with Gasteiger partial charge in [0.25, 0.3) is 5.69 Å². The number of nitrogens with zero attached hydrogens (tertiary/aromatic N) is 2. The monoisotopic (exact) mass is 341 g/mol. The number of nitro groups is 1. The number of halogens is 1. The normalized spacial score (nSPS) is 17.9. The van der Waals surface area contributed by atoms with Crippen LogP contribution in [0.3, 0.4) is 0 Å². The van der Waals surface area contributed by atoms with Crippen molar-refractivity contribution in [3.8, 4) is 0 Å². The van der Waals surface area contributed by atoms with Gasteiger partial charge in [-0.15, -0.1) is 0 Å². The van der Waals surface area contributed by atoms with Crippen molar-refractivity contribution in [2.24, 2.45) is 0 Å². The molecule has 0 radical (unpaired) electrons. The lowest BCUT2D eigenvalue weighted by molar-refractivity contribution is -0.385. The molecule has 1 fully saturated rings. The van der Waals surface area contributed by atoms with Gasteiger partial charge in [-0.2, -0.15) is 0 Å². The van der Waals surface area contributed by atoms with E-state index in [1.165, 1.54) is 0 Å². The lowest BCUT2D eigenvalue weighted by atomic mass is 9.99. The third kappa shape index (κ3) is 3.56. The number of hydrogen-bond donors (Lipinski definition) is 1. The molecule has 0 saturated carbocycles. The van der Waals surface area contributed by atoms with E-state index in [2.05, 4.69) is 33.1 Å². The van der Waals surface area contributed by atoms with E-state index < -0.39 is 0 Å². The van der Waals surface area contributed by atoms with E-state index in [1.807, 2.05) is 6.07 Å². The smallest absolute Gasteiger partial charge is 0.283 e. The summed E-state index contributed by atoms with van der Waals surface area (Å²) in [5, 5.41) is 14.4. The van der Waals surface area contributed by atoms with Crippen molar-refractivity contribution in [1.82, 2.24) is 10.2 Å². The first-order valence-corrected chi connectivity index (χ1v) is 7.81. The molecule has 0 aromatic heterocycles. The summed E-state index contributed by atoms with van der Waals surface area (Å²) in [5.74, 6) is 0. The van der Waals surface area contributed by atoms with Gasteiger partial charge in [0.2, 0.25) is 0 Å². The van der Waals surface area contributed by atoms with Gasteiger partial charge in [-0.05, 0) is 34.0 Å². The Balaban J connectivity index is 2.28. The summed E-state index contributed by atoms with van der Waals surface area (Å²) >= 11 is 3.25. The van der Waals surface area contributed by atoms with Gasteiger partial charge < -0.3 is 5.32 Å². The van der Waals surface area contributed by atoms with E-state index in [4.69, 9.17) is 0 Å². The van der Waals surface area contributed by atoms with Gasteiger partial charge in [-0.1, -0.05) is 19.4 Å². The topological polar surface area (TPSA) is 58.4 Å². The SMILES string of the molecule is CCC[C@H](c1ccc(Br)c([N+](=O)[O-])c1)N1CCNCC1. The molecule has 1 aliphatic rings. The van der Waals surface area contributed by atoms with Crippen LogP contribution < -0.4 is 5.32 Å². The molecule has 0 spiro atoms. The molecule has 20 heavy (non-hydrogen) atoms. The first kappa shape index (κ1) is 15.4. The lowest BCUT2D eigenvalue weighted by Gasteiger charge is -2.35. The second-order valence-electron chi connectivity index (χ2n) is 5.06. The van der Waals surface area contributed by atoms with E-state index in [-0.39, 0.29) is 16.7 Å². The largest absolute Gasteiger partial charge is 0.314 e. The van der Waals surface area contributed by atoms with Crippen LogP contribution in [0.1, 0.15) is 31.4 Å². The van der Waals surface area contributed by atoms with E-state index in [0.29, 0.717) is 4.47 Å². The summed E-state index contributed by atoms with van der Waals surface area (Å²) in [5.41, 5.74) is 1.20. The molecule has 0 aliphatic carbocycles. The Hall–Kier alpha value is -0.980. The van der Waals surface area contributed by atoms with Crippen LogP contribution in [0.5, 0.6) is 0 Å². The minimum absolute atomic E-state index is 0.152. The number of nitrogens with one attached hydrogen (secondary N) is 1. The molecule has 1 aromatic carbocycles. The quantitative estimate of drug-likeness (QED) is 0.660. The molecule has 1 N–H and O–H groups in total. The summed E-state index contributed by atoms with van der Waals surface area (Å²) in [4.78, 5) is 13.2. The molecule has 0 bridgehead atoms. The van der Waals surface area contributed by atoms with Crippen LogP contribution in [0.15, 0.2) is 22.7 Å². The van der Waals surface area contributed by atoms with Gasteiger partial charge in [0.05, 0.1) is 9.40 Å². The summed E-state index contributed by atoms with van der Waals surface area (Å²) in [6, 6.07) is 5.78. The summed E-state index contributed by atoms with van der Waals surface area (Å²) in [6.07, 6.45) is 2.09. The number of benzene rings is 1. The average molecular weight is 342 g/mol. The predicted octanol–water partition coefficient (Wildman–Crippen LogP) is 3.10. The number of nitro benzene ring substituents is 1. The van der Waals surface area contributed by atoms with Crippen molar-refractivity contribution in [3.63, 3.8) is 0 Å². The van der Waals surface area contributed by atoms with Gasteiger partial charge in [-0.25, -0.2) is 0 Å². The molecule has 1 aliphatic heterocycles. The van der Waals surface area contributed by atoms with Crippen LogP contribution in [0.4, 0.5) is 5.69 Å². The minimum atomic E-state index is -0.325. The van der Waals surface area contributed by atoms with Crippen molar-refractivity contribution in [2.75, 3.05) is 26.2 Å². The maximum atomic E-state index is 11.1. The van der Waals surface area contributed by atoms with Crippen LogP contribution >= 0.6 is 15.9 Å². The fourth-order valence-electron chi connectivity index (χ4n) is 2.70. The summed E-state index contributed by atoms with van der Waals surface area (Å²) in [6.45, 7) is 6.11. The molecule has 0 unspecified atom stereocenters. The van der Waals surface area contributed by atoms with Crippen molar-refractivity contribution < 1.29 is 4.92 Å². The highest BCUT2D eigenvalue weighted by atomic mass is 79.9. The fourth-order valence-corrected chi connectivity index (χ4v) is 3.10. The second-order valence-corrected chi connectivity index (χ2v) is 5.91. The third-order valence-corrected chi connectivity index (χ3v) is 4.38. The molecule has 2 rings (SSSR count). The number of piperazine rings is 1. The minimum Gasteiger partial charge on any atom is -0.314 e. The van der Waals surface area contributed by atoms with E-state index in [0.717, 1.165) is 44.6 Å². The number of hydrogen-bond acceptors (Lipinski definition) is 4. The Labute approximate surface area is 127 Å². The predicted molar refractivity (Wildman–Crippen MR) is 82.9 cm³/mol. The van der Waals surface area contributed by atoms with Crippen molar-refractivity contribution in [2.45, 2.75) is 25.8 Å². The van der Waals surface area contributed by atoms with E-state index in [1.54, 1.807) is 12.1 Å². The zero-order valence-electron chi connectivity index (χ0n) is 11.6. The van der Waals surface area contributed by atoms with Crippen LogP contribution in [0, 0.1) is 10.1 Å². The molecule has 0 amide bonds. The maximum absolute atomic E-state index is 11.1. The van der Waals surface area contributed by atoms with Crippen molar-refractivity contribution >= 4 is 21.6 Å². The highest BCUT2D eigenvalue weighted by molar-refractivity contribution is 9.10. The zero-order valence-corrected chi connectivity index (χ0v) is 13.2. The maximum Gasteiger partial charge on any atom is 0.283 e. The molecular formula is C14H20BrN3O2. The Bertz CT molecular complexity index is 475. The first-order chi connectivity index (χ1) is 9.63. The molecule has 1 aromatic rings. The highest BCUT2D eigenvalue weighted by Gasteiger charge is 2.23. The highest BCUT2D eigenvalue weighted by Crippen LogP contribution is 2.32. The molecule has 1 heterocycles. The van der Waals surface area contributed by atoms with Gasteiger partial charge in [0, 0.05) is 38.3 Å². The van der Waals surface area contributed by atoms with Gasteiger partial charge in [-0.3, -0.25) is 15.0 Å². The van der Waals surface area contributed by atoms with Crippen LogP contribution in [-0.4, -0.2) is 36.0 Å². The summed E-state index contributed by atoms with van der Waals surface area (Å²) < 4.78 is 0.543. The Kier molecular flexibility index (Phi) is 5.51. The van der Waals surface area contributed by atoms with Crippen molar-refractivity contribution in [3.05, 3.63) is 38.3 Å². The first-order valence-electron chi connectivity index (χ1n) is 7.02. The van der Waals surface area contributed by atoms with E-state index >= 15 is 0 Å². The van der Waals surface area contributed by atoms with Gasteiger partial charge in [0.1, 0.15) is 0 Å². The Morgan fingerprint density at radius 3 is 2.75 bits per heavy atom.